The highest BCUT2D eigenvalue weighted by molar-refractivity contribution is 5.80. The summed E-state index contributed by atoms with van der Waals surface area (Å²) >= 11 is 0. The number of aliphatic carboxylic acids is 1. The second-order valence-electron chi connectivity index (χ2n) is 4.87. The Hall–Kier alpha value is -1.30. The largest absolute Gasteiger partial charge is 0.480 e. The van der Waals surface area contributed by atoms with Crippen molar-refractivity contribution in [2.24, 2.45) is 5.92 Å². The zero-order valence-electron chi connectivity index (χ0n) is 11.0. The van der Waals surface area contributed by atoms with E-state index in [-0.39, 0.29) is 18.7 Å². The number of nitrogens with one attached hydrogen (secondary N) is 1. The number of carbonyl (C=O) groups is 2. The lowest BCUT2D eigenvalue weighted by Crippen LogP contribution is -2.44. The van der Waals surface area contributed by atoms with Crippen LogP contribution in [0.4, 0.5) is 4.79 Å². The molecule has 0 aliphatic heterocycles. The summed E-state index contributed by atoms with van der Waals surface area (Å²) in [4.78, 5) is 23.8. The molecule has 0 radical (unpaired) electrons. The van der Waals surface area contributed by atoms with Gasteiger partial charge >= 0.3 is 12.0 Å². The zero-order chi connectivity index (χ0) is 13.5. The third-order valence-corrected chi connectivity index (χ3v) is 2.62. The van der Waals surface area contributed by atoms with Crippen LogP contribution in [0.1, 0.15) is 26.7 Å². The molecule has 0 aromatic heterocycles. The maximum Gasteiger partial charge on any atom is 0.323 e. The Balaban J connectivity index is 2.26. The lowest BCUT2D eigenvalue weighted by molar-refractivity contribution is -0.137. The van der Waals surface area contributed by atoms with E-state index in [9.17, 15) is 9.59 Å². The van der Waals surface area contributed by atoms with Crippen LogP contribution < -0.4 is 5.32 Å². The van der Waals surface area contributed by atoms with Gasteiger partial charge in [0, 0.05) is 13.1 Å². The van der Waals surface area contributed by atoms with E-state index >= 15 is 0 Å². The van der Waals surface area contributed by atoms with Gasteiger partial charge < -0.3 is 20.1 Å². The van der Waals surface area contributed by atoms with Gasteiger partial charge in [0.1, 0.15) is 6.54 Å². The van der Waals surface area contributed by atoms with Gasteiger partial charge in [-0.3, -0.25) is 4.79 Å². The highest BCUT2D eigenvalue weighted by atomic mass is 16.5. The van der Waals surface area contributed by atoms with Gasteiger partial charge in [-0.15, -0.1) is 0 Å². The molecule has 6 nitrogen and oxygen atoms in total. The first-order valence-corrected chi connectivity index (χ1v) is 6.35. The lowest BCUT2D eigenvalue weighted by Gasteiger charge is -2.21. The van der Waals surface area contributed by atoms with Gasteiger partial charge in [0.25, 0.3) is 0 Å². The molecule has 18 heavy (non-hydrogen) atoms. The monoisotopic (exact) mass is 258 g/mol. The summed E-state index contributed by atoms with van der Waals surface area (Å²) in [6, 6.07) is -0.323. The molecule has 104 valence electrons. The van der Waals surface area contributed by atoms with Crippen molar-refractivity contribution in [1.82, 2.24) is 10.2 Å². The first kappa shape index (κ1) is 14.8. The Bertz CT molecular complexity index is 290. The smallest absolute Gasteiger partial charge is 0.323 e. The molecule has 1 saturated carbocycles. The molecular formula is C12H22N2O4. The minimum absolute atomic E-state index is 0.128. The molecule has 0 bridgehead atoms. The second kappa shape index (κ2) is 7.20. The van der Waals surface area contributed by atoms with E-state index < -0.39 is 5.97 Å². The second-order valence-corrected chi connectivity index (χ2v) is 4.87. The molecule has 6 heteroatoms. The van der Waals surface area contributed by atoms with Gasteiger partial charge in [0.2, 0.25) is 0 Å². The summed E-state index contributed by atoms with van der Waals surface area (Å²) in [5, 5.41) is 11.4. The van der Waals surface area contributed by atoms with Crippen molar-refractivity contribution in [3.05, 3.63) is 0 Å². The van der Waals surface area contributed by atoms with Crippen LogP contribution in [0.5, 0.6) is 0 Å². The van der Waals surface area contributed by atoms with E-state index in [0.717, 1.165) is 12.8 Å². The van der Waals surface area contributed by atoms with E-state index in [4.69, 9.17) is 9.84 Å². The van der Waals surface area contributed by atoms with Crippen LogP contribution in [0, 0.1) is 5.92 Å². The van der Waals surface area contributed by atoms with E-state index in [1.54, 1.807) is 0 Å². The molecule has 1 aliphatic rings. The van der Waals surface area contributed by atoms with Crippen LogP contribution in [0.3, 0.4) is 0 Å². The maximum atomic E-state index is 11.8. The minimum atomic E-state index is -0.982. The van der Waals surface area contributed by atoms with Crippen molar-refractivity contribution in [3.8, 4) is 0 Å². The van der Waals surface area contributed by atoms with Gasteiger partial charge in [-0.05, 0) is 32.6 Å². The molecule has 0 aromatic carbocycles. The Morgan fingerprint density at radius 2 is 2.11 bits per heavy atom. The zero-order valence-corrected chi connectivity index (χ0v) is 11.0. The quantitative estimate of drug-likeness (QED) is 0.634. The van der Waals surface area contributed by atoms with Gasteiger partial charge in [-0.25, -0.2) is 4.79 Å². The van der Waals surface area contributed by atoms with Crippen LogP contribution in [-0.2, 0) is 9.53 Å². The van der Waals surface area contributed by atoms with Crippen LogP contribution in [0.15, 0.2) is 0 Å². The van der Waals surface area contributed by atoms with E-state index in [1.807, 2.05) is 13.8 Å². The summed E-state index contributed by atoms with van der Waals surface area (Å²) in [5.41, 5.74) is 0. The third kappa shape index (κ3) is 6.44. The normalized spacial score (nSPS) is 14.6. The molecule has 1 fully saturated rings. The summed E-state index contributed by atoms with van der Waals surface area (Å²) in [7, 11) is 0. The number of nitrogens with zero attached hydrogens (tertiary/aromatic N) is 1. The molecule has 0 saturated heterocycles. The van der Waals surface area contributed by atoms with Crippen molar-refractivity contribution in [2.45, 2.75) is 32.8 Å². The SMILES string of the molecule is CC(C)OCCNC(=O)N(CC(=O)O)CC1CC1. The number of hydrogen-bond acceptors (Lipinski definition) is 3. The molecule has 0 atom stereocenters. The fourth-order valence-electron chi connectivity index (χ4n) is 1.56. The number of carboxylic acid groups (broad SMARTS) is 1. The number of rotatable bonds is 8. The summed E-state index contributed by atoms with van der Waals surface area (Å²) in [6.45, 7) is 4.97. The highest BCUT2D eigenvalue weighted by Crippen LogP contribution is 2.29. The lowest BCUT2D eigenvalue weighted by atomic mass is 10.3. The van der Waals surface area contributed by atoms with Crippen LogP contribution in [-0.4, -0.2) is 54.4 Å². The molecule has 0 aromatic rings. The summed E-state index contributed by atoms with van der Waals surface area (Å²) in [5.74, 6) is -0.508. The number of amides is 2. The molecule has 2 N–H and O–H groups in total. The van der Waals surface area contributed by atoms with Crippen molar-refractivity contribution in [2.75, 3.05) is 26.2 Å². The molecule has 2 amide bonds. The third-order valence-electron chi connectivity index (χ3n) is 2.62. The Morgan fingerprint density at radius 1 is 1.44 bits per heavy atom. The Kier molecular flexibility index (Phi) is 5.91. The molecule has 0 spiro atoms. The average molecular weight is 258 g/mol. The van der Waals surface area contributed by atoms with Crippen LogP contribution in [0.2, 0.25) is 0 Å². The summed E-state index contributed by atoms with van der Waals surface area (Å²) in [6.07, 6.45) is 2.29. The number of ether oxygens (including phenoxy) is 1. The Morgan fingerprint density at radius 3 is 2.61 bits per heavy atom. The van der Waals surface area contributed by atoms with Gasteiger partial charge in [-0.2, -0.15) is 0 Å². The van der Waals surface area contributed by atoms with Crippen molar-refractivity contribution in [3.63, 3.8) is 0 Å². The number of carboxylic acids is 1. The van der Waals surface area contributed by atoms with Crippen molar-refractivity contribution >= 4 is 12.0 Å². The fraction of sp³-hybridized carbons (Fsp3) is 0.833. The fourth-order valence-corrected chi connectivity index (χ4v) is 1.56. The predicted molar refractivity (Wildman–Crippen MR) is 66.4 cm³/mol. The molecule has 1 rings (SSSR count). The van der Waals surface area contributed by atoms with Crippen LogP contribution >= 0.6 is 0 Å². The van der Waals surface area contributed by atoms with Crippen molar-refractivity contribution in [1.29, 1.82) is 0 Å². The Labute approximate surface area is 107 Å². The van der Waals surface area contributed by atoms with Crippen molar-refractivity contribution < 1.29 is 19.4 Å². The van der Waals surface area contributed by atoms with Crippen LogP contribution in [0.25, 0.3) is 0 Å². The first-order valence-electron chi connectivity index (χ1n) is 6.35. The van der Waals surface area contributed by atoms with Gasteiger partial charge in [0.05, 0.1) is 12.7 Å². The van der Waals surface area contributed by atoms with E-state index in [1.165, 1.54) is 4.90 Å². The number of urea groups is 1. The molecular weight excluding hydrogens is 236 g/mol. The standard InChI is InChI=1S/C12H22N2O4/c1-9(2)18-6-5-13-12(17)14(8-11(15)16)7-10-3-4-10/h9-10H,3-8H2,1-2H3,(H,13,17)(H,15,16). The van der Waals surface area contributed by atoms with Gasteiger partial charge in [0.15, 0.2) is 0 Å². The van der Waals surface area contributed by atoms with Gasteiger partial charge in [-0.1, -0.05) is 0 Å². The first-order chi connectivity index (χ1) is 8.49. The number of hydrogen-bond donors (Lipinski definition) is 2. The molecule has 1 aliphatic carbocycles. The predicted octanol–water partition coefficient (Wildman–Crippen LogP) is 0.918. The van der Waals surface area contributed by atoms with E-state index in [2.05, 4.69) is 5.32 Å². The topological polar surface area (TPSA) is 78.9 Å². The molecule has 0 unspecified atom stereocenters. The number of carbonyl (C=O) groups excluding carboxylic acids is 1. The summed E-state index contributed by atoms with van der Waals surface area (Å²) < 4.78 is 5.30. The highest BCUT2D eigenvalue weighted by Gasteiger charge is 2.27. The van der Waals surface area contributed by atoms with E-state index in [0.29, 0.717) is 25.6 Å². The minimum Gasteiger partial charge on any atom is -0.480 e. The maximum absolute atomic E-state index is 11.8. The molecule has 0 heterocycles. The average Bonchev–Trinajstić information content (AvgIpc) is 3.06.